The fourth-order valence-electron chi connectivity index (χ4n) is 2.39. The minimum absolute atomic E-state index is 0.742. The molecule has 1 aromatic carbocycles. The van der Waals surface area contributed by atoms with Crippen LogP contribution in [-0.4, -0.2) is 43.7 Å². The van der Waals surface area contributed by atoms with Crippen LogP contribution in [0.2, 0.25) is 0 Å². The van der Waals surface area contributed by atoms with E-state index in [9.17, 15) is 0 Å². The maximum Gasteiger partial charge on any atom is 0.119 e. The van der Waals surface area contributed by atoms with Crippen molar-refractivity contribution in [3.8, 4) is 5.75 Å². The summed E-state index contributed by atoms with van der Waals surface area (Å²) < 4.78 is 5.83. The summed E-state index contributed by atoms with van der Waals surface area (Å²) in [4.78, 5) is 2.54. The summed E-state index contributed by atoms with van der Waals surface area (Å²) >= 11 is 0. The highest BCUT2D eigenvalue weighted by atomic mass is 16.5. The Kier molecular flexibility index (Phi) is 5.23. The van der Waals surface area contributed by atoms with Crippen molar-refractivity contribution in [2.24, 2.45) is 0 Å². The smallest absolute Gasteiger partial charge is 0.119 e. The number of aryl methyl sites for hydroxylation is 2. The Bertz CT molecular complexity index is 402. The quantitative estimate of drug-likeness (QED) is 0.764. The Morgan fingerprint density at radius 2 is 2.05 bits per heavy atom. The van der Waals surface area contributed by atoms with Gasteiger partial charge in [-0.2, -0.15) is 0 Å². The van der Waals surface area contributed by atoms with Gasteiger partial charge in [0.1, 0.15) is 5.75 Å². The van der Waals surface area contributed by atoms with Gasteiger partial charge in [-0.1, -0.05) is 13.0 Å². The third-order valence-electron chi connectivity index (χ3n) is 4.02. The molecular weight excluding hydrogens is 236 g/mol. The van der Waals surface area contributed by atoms with Crippen molar-refractivity contribution in [1.29, 1.82) is 0 Å². The zero-order valence-corrected chi connectivity index (χ0v) is 12.4. The van der Waals surface area contributed by atoms with Gasteiger partial charge in [0.2, 0.25) is 0 Å². The predicted molar refractivity (Wildman–Crippen MR) is 79.9 cm³/mol. The first kappa shape index (κ1) is 14.4. The van der Waals surface area contributed by atoms with Crippen LogP contribution in [0.5, 0.6) is 5.75 Å². The molecule has 1 aliphatic rings. The van der Waals surface area contributed by atoms with E-state index in [-0.39, 0.29) is 0 Å². The van der Waals surface area contributed by atoms with Gasteiger partial charge in [0.25, 0.3) is 0 Å². The van der Waals surface area contributed by atoms with Crippen LogP contribution in [0.1, 0.15) is 24.5 Å². The molecule has 0 bridgehead atoms. The number of benzene rings is 1. The van der Waals surface area contributed by atoms with Crippen LogP contribution in [0.15, 0.2) is 18.2 Å². The van der Waals surface area contributed by atoms with Gasteiger partial charge in [-0.15, -0.1) is 0 Å². The molecule has 1 aromatic rings. The lowest BCUT2D eigenvalue weighted by molar-refractivity contribution is 0.142. The maximum absolute atomic E-state index is 5.83. The highest BCUT2D eigenvalue weighted by molar-refractivity contribution is 5.33. The summed E-state index contributed by atoms with van der Waals surface area (Å²) in [6.07, 6.45) is 1.09. The summed E-state index contributed by atoms with van der Waals surface area (Å²) in [7, 11) is 0. The van der Waals surface area contributed by atoms with E-state index in [1.54, 1.807) is 0 Å². The lowest BCUT2D eigenvalue weighted by atomic mass is 10.1. The Morgan fingerprint density at radius 3 is 2.63 bits per heavy atom. The minimum Gasteiger partial charge on any atom is -0.494 e. The van der Waals surface area contributed by atoms with E-state index in [0.29, 0.717) is 0 Å². The largest absolute Gasteiger partial charge is 0.494 e. The average Bonchev–Trinajstić information content (AvgIpc) is 2.35. The molecule has 106 valence electrons. The fourth-order valence-corrected chi connectivity index (χ4v) is 2.39. The Morgan fingerprint density at radius 1 is 1.26 bits per heavy atom. The molecule has 1 saturated heterocycles. The lowest BCUT2D eigenvalue weighted by Gasteiger charge is -2.37. The minimum atomic E-state index is 0.742. The van der Waals surface area contributed by atoms with Gasteiger partial charge >= 0.3 is 0 Å². The average molecular weight is 262 g/mol. The third kappa shape index (κ3) is 3.95. The van der Waals surface area contributed by atoms with E-state index in [1.807, 2.05) is 0 Å². The maximum atomic E-state index is 5.83. The molecular formula is C16H26N2O. The number of hydrogen-bond acceptors (Lipinski definition) is 3. The second-order valence-electron chi connectivity index (χ2n) is 5.39. The molecule has 0 unspecified atom stereocenters. The zero-order valence-electron chi connectivity index (χ0n) is 12.4. The Labute approximate surface area is 116 Å². The molecule has 1 heterocycles. The van der Waals surface area contributed by atoms with Crippen molar-refractivity contribution in [2.75, 3.05) is 32.8 Å². The van der Waals surface area contributed by atoms with Crippen molar-refractivity contribution < 1.29 is 4.74 Å². The zero-order chi connectivity index (χ0) is 13.7. The summed E-state index contributed by atoms with van der Waals surface area (Å²) in [5.74, 6) is 0.997. The van der Waals surface area contributed by atoms with Crippen molar-refractivity contribution in [3.05, 3.63) is 29.3 Å². The number of nitrogens with one attached hydrogen (secondary N) is 1. The van der Waals surface area contributed by atoms with Gasteiger partial charge in [0.15, 0.2) is 0 Å². The molecule has 0 aliphatic carbocycles. The molecule has 2 rings (SSSR count). The summed E-state index contributed by atoms with van der Waals surface area (Å²) in [6.45, 7) is 11.9. The molecule has 3 nitrogen and oxygen atoms in total. The van der Waals surface area contributed by atoms with Crippen molar-refractivity contribution >= 4 is 0 Å². The van der Waals surface area contributed by atoms with E-state index in [4.69, 9.17) is 4.74 Å². The van der Waals surface area contributed by atoms with Crippen molar-refractivity contribution in [2.45, 2.75) is 33.2 Å². The number of nitrogens with zero attached hydrogens (tertiary/aromatic N) is 1. The SMILES string of the molecule is CCN(CCCOc1ccc(C)c(C)c1)C1CNC1. The van der Waals surface area contributed by atoms with E-state index in [2.05, 4.69) is 49.2 Å². The number of rotatable bonds is 7. The second-order valence-corrected chi connectivity index (χ2v) is 5.39. The van der Waals surface area contributed by atoms with Crippen LogP contribution in [0.4, 0.5) is 0 Å². The van der Waals surface area contributed by atoms with E-state index >= 15 is 0 Å². The van der Waals surface area contributed by atoms with Crippen LogP contribution >= 0.6 is 0 Å². The molecule has 19 heavy (non-hydrogen) atoms. The third-order valence-corrected chi connectivity index (χ3v) is 4.02. The molecule has 0 radical (unpaired) electrons. The van der Waals surface area contributed by atoms with Gasteiger partial charge < -0.3 is 10.1 Å². The van der Waals surface area contributed by atoms with Crippen molar-refractivity contribution in [1.82, 2.24) is 10.2 Å². The first-order valence-corrected chi connectivity index (χ1v) is 7.35. The van der Waals surface area contributed by atoms with Gasteiger partial charge in [-0.25, -0.2) is 0 Å². The van der Waals surface area contributed by atoms with Crippen LogP contribution in [0, 0.1) is 13.8 Å². The van der Waals surface area contributed by atoms with Crippen LogP contribution in [0.25, 0.3) is 0 Å². The standard InChI is InChI=1S/C16H26N2O/c1-4-18(15-11-17-12-15)8-5-9-19-16-7-6-13(2)14(3)10-16/h6-7,10,15,17H,4-5,8-9,11-12H2,1-3H3. The molecule has 1 aliphatic heterocycles. The molecule has 1 N–H and O–H groups in total. The highest BCUT2D eigenvalue weighted by Gasteiger charge is 2.22. The topological polar surface area (TPSA) is 24.5 Å². The number of likely N-dealkylation sites (N-methyl/N-ethyl adjacent to an activating group) is 1. The van der Waals surface area contributed by atoms with Crippen LogP contribution in [-0.2, 0) is 0 Å². The van der Waals surface area contributed by atoms with Crippen LogP contribution < -0.4 is 10.1 Å². The Hall–Kier alpha value is -1.06. The molecule has 3 heteroatoms. The van der Waals surface area contributed by atoms with Gasteiger partial charge in [-0.3, -0.25) is 4.90 Å². The van der Waals surface area contributed by atoms with E-state index in [1.165, 1.54) is 11.1 Å². The van der Waals surface area contributed by atoms with Gasteiger partial charge in [0, 0.05) is 25.7 Å². The van der Waals surface area contributed by atoms with E-state index < -0.39 is 0 Å². The molecule has 0 amide bonds. The monoisotopic (exact) mass is 262 g/mol. The molecule has 0 atom stereocenters. The normalized spacial score (nSPS) is 15.6. The van der Waals surface area contributed by atoms with Gasteiger partial charge in [0.05, 0.1) is 6.61 Å². The highest BCUT2D eigenvalue weighted by Crippen LogP contribution is 2.16. The first-order chi connectivity index (χ1) is 9.20. The van der Waals surface area contributed by atoms with Crippen molar-refractivity contribution in [3.63, 3.8) is 0 Å². The second kappa shape index (κ2) is 6.92. The molecule has 0 spiro atoms. The lowest BCUT2D eigenvalue weighted by Crippen LogP contribution is -2.57. The molecule has 0 aromatic heterocycles. The summed E-state index contributed by atoms with van der Waals surface area (Å²) in [5.41, 5.74) is 2.62. The van der Waals surface area contributed by atoms with Gasteiger partial charge in [-0.05, 0) is 50.1 Å². The fraction of sp³-hybridized carbons (Fsp3) is 0.625. The Balaban J connectivity index is 1.69. The summed E-state index contributed by atoms with van der Waals surface area (Å²) in [5, 5.41) is 3.33. The van der Waals surface area contributed by atoms with E-state index in [0.717, 1.165) is 51.0 Å². The molecule has 0 saturated carbocycles. The molecule has 1 fully saturated rings. The first-order valence-electron chi connectivity index (χ1n) is 7.35. The predicted octanol–water partition coefficient (Wildman–Crippen LogP) is 2.37. The van der Waals surface area contributed by atoms with Crippen LogP contribution in [0.3, 0.4) is 0 Å². The number of ether oxygens (including phenoxy) is 1. The number of hydrogen-bond donors (Lipinski definition) is 1. The summed E-state index contributed by atoms with van der Waals surface area (Å²) in [6, 6.07) is 7.06.